The number of primary amides is 1. The first-order valence-corrected chi connectivity index (χ1v) is 9.95. The number of rotatable bonds is 9. The fourth-order valence-electron chi connectivity index (χ4n) is 3.00. The average Bonchev–Trinajstić information content (AvgIpc) is 3.08. The summed E-state index contributed by atoms with van der Waals surface area (Å²) in [5.74, 6) is -2.07. The lowest BCUT2D eigenvalue weighted by Gasteiger charge is -2.30. The smallest absolute Gasteiger partial charge is 0.306 e. The number of esters is 3. The number of nitrogens with zero attached hydrogens (tertiary/aromatic N) is 1. The lowest BCUT2D eigenvalue weighted by atomic mass is 10.1. The summed E-state index contributed by atoms with van der Waals surface area (Å²) < 4.78 is 22.2. The third-order valence-corrected chi connectivity index (χ3v) is 4.63. The van der Waals surface area contributed by atoms with E-state index in [0.29, 0.717) is 12.0 Å². The largest absolute Gasteiger partial charge is 0.463 e. The number of carbonyl (C=O) groups excluding carboxylic acids is 4. The van der Waals surface area contributed by atoms with Crippen molar-refractivity contribution in [1.82, 2.24) is 4.90 Å². The van der Waals surface area contributed by atoms with Crippen LogP contribution in [0.2, 0.25) is 0 Å². The van der Waals surface area contributed by atoms with Crippen molar-refractivity contribution in [1.29, 1.82) is 0 Å². The van der Waals surface area contributed by atoms with E-state index in [1.54, 1.807) is 33.0 Å². The number of hydrogen-bond donors (Lipinski definition) is 1. The SMILES string of the molecule is CCC(=O)OCC1O[C@@H](N2C=CCC(C(N)=O)=C2)[C@H](OC(=O)CC)[C@@H]1OC(=O)CC. The summed E-state index contributed by atoms with van der Waals surface area (Å²) in [6.45, 7) is 4.72. The average molecular weight is 424 g/mol. The van der Waals surface area contributed by atoms with Crippen LogP contribution in [0.4, 0.5) is 0 Å². The molecule has 0 saturated carbocycles. The number of allylic oxidation sites excluding steroid dienone is 1. The van der Waals surface area contributed by atoms with Crippen molar-refractivity contribution < 1.29 is 38.1 Å². The summed E-state index contributed by atoms with van der Waals surface area (Å²) in [5, 5.41) is 0. The molecule has 10 heteroatoms. The van der Waals surface area contributed by atoms with Gasteiger partial charge in [0.15, 0.2) is 18.4 Å². The van der Waals surface area contributed by atoms with Crippen molar-refractivity contribution in [3.8, 4) is 0 Å². The highest BCUT2D eigenvalue weighted by Gasteiger charge is 2.51. The molecule has 166 valence electrons. The molecule has 2 rings (SSSR count). The predicted molar refractivity (Wildman–Crippen MR) is 103 cm³/mol. The van der Waals surface area contributed by atoms with E-state index in [9.17, 15) is 19.2 Å². The molecule has 1 unspecified atom stereocenters. The van der Waals surface area contributed by atoms with E-state index < -0.39 is 48.4 Å². The molecule has 2 aliphatic rings. The molecule has 0 bridgehead atoms. The molecule has 0 radical (unpaired) electrons. The van der Waals surface area contributed by atoms with Gasteiger partial charge < -0.3 is 29.6 Å². The topological polar surface area (TPSA) is 134 Å². The predicted octanol–water partition coefficient (Wildman–Crippen LogP) is 0.897. The van der Waals surface area contributed by atoms with Crippen LogP contribution in [0.25, 0.3) is 0 Å². The molecule has 30 heavy (non-hydrogen) atoms. The maximum Gasteiger partial charge on any atom is 0.306 e. The highest BCUT2D eigenvalue weighted by molar-refractivity contribution is 5.92. The Morgan fingerprint density at radius 2 is 1.63 bits per heavy atom. The second kappa shape index (κ2) is 10.8. The van der Waals surface area contributed by atoms with E-state index in [-0.39, 0.29) is 25.9 Å². The van der Waals surface area contributed by atoms with Crippen LogP contribution in [-0.2, 0) is 38.1 Å². The van der Waals surface area contributed by atoms with E-state index in [2.05, 4.69) is 0 Å². The summed E-state index contributed by atoms with van der Waals surface area (Å²) in [7, 11) is 0. The Balaban J connectivity index is 2.34. The molecule has 0 spiro atoms. The van der Waals surface area contributed by atoms with Gasteiger partial charge in [-0.1, -0.05) is 26.8 Å². The van der Waals surface area contributed by atoms with Gasteiger partial charge in [0.05, 0.1) is 0 Å². The van der Waals surface area contributed by atoms with E-state index in [1.807, 2.05) is 0 Å². The van der Waals surface area contributed by atoms with Gasteiger partial charge in [0.25, 0.3) is 0 Å². The van der Waals surface area contributed by atoms with Gasteiger partial charge in [0.1, 0.15) is 12.7 Å². The Hall–Kier alpha value is -2.88. The van der Waals surface area contributed by atoms with Crippen LogP contribution in [-0.4, -0.2) is 59.9 Å². The first-order chi connectivity index (χ1) is 14.3. The third kappa shape index (κ3) is 5.82. The Morgan fingerprint density at radius 1 is 1.03 bits per heavy atom. The van der Waals surface area contributed by atoms with Gasteiger partial charge in [-0.05, 0) is 6.42 Å². The molecule has 4 atom stereocenters. The number of amides is 1. The minimum Gasteiger partial charge on any atom is -0.463 e. The Labute approximate surface area is 174 Å². The van der Waals surface area contributed by atoms with Crippen molar-refractivity contribution in [3.63, 3.8) is 0 Å². The highest BCUT2D eigenvalue weighted by atomic mass is 16.7. The maximum atomic E-state index is 12.1. The zero-order chi connectivity index (χ0) is 22.3. The lowest BCUT2D eigenvalue weighted by molar-refractivity contribution is -0.169. The van der Waals surface area contributed by atoms with Crippen LogP contribution in [0.15, 0.2) is 24.0 Å². The van der Waals surface area contributed by atoms with E-state index in [4.69, 9.17) is 24.7 Å². The third-order valence-electron chi connectivity index (χ3n) is 4.63. The van der Waals surface area contributed by atoms with Crippen molar-refractivity contribution in [2.24, 2.45) is 5.73 Å². The van der Waals surface area contributed by atoms with Crippen LogP contribution in [0, 0.1) is 0 Å². The number of ether oxygens (including phenoxy) is 4. The normalized spacial score (nSPS) is 25.4. The fourth-order valence-corrected chi connectivity index (χ4v) is 3.00. The van der Waals surface area contributed by atoms with Gasteiger partial charge >= 0.3 is 17.9 Å². The molecule has 1 saturated heterocycles. The monoisotopic (exact) mass is 424 g/mol. The second-order valence-electron chi connectivity index (χ2n) is 6.77. The Morgan fingerprint density at radius 3 is 2.20 bits per heavy atom. The first-order valence-electron chi connectivity index (χ1n) is 9.95. The van der Waals surface area contributed by atoms with Gasteiger partial charge in [0, 0.05) is 37.2 Å². The second-order valence-corrected chi connectivity index (χ2v) is 6.77. The minimum atomic E-state index is -1.01. The van der Waals surface area contributed by atoms with Crippen molar-refractivity contribution in [2.45, 2.75) is 71.0 Å². The maximum absolute atomic E-state index is 12.1. The van der Waals surface area contributed by atoms with Gasteiger partial charge in [-0.2, -0.15) is 0 Å². The molecular formula is C20H28N2O8. The molecule has 2 aliphatic heterocycles. The van der Waals surface area contributed by atoms with Crippen LogP contribution in [0.3, 0.4) is 0 Å². The zero-order valence-corrected chi connectivity index (χ0v) is 17.4. The molecular weight excluding hydrogens is 396 g/mol. The summed E-state index contributed by atoms with van der Waals surface area (Å²) in [5.41, 5.74) is 5.72. The Bertz CT molecular complexity index is 732. The van der Waals surface area contributed by atoms with Crippen LogP contribution >= 0.6 is 0 Å². The van der Waals surface area contributed by atoms with Gasteiger partial charge in [-0.25, -0.2) is 0 Å². The molecule has 1 fully saturated rings. The van der Waals surface area contributed by atoms with Gasteiger partial charge in [-0.15, -0.1) is 0 Å². The van der Waals surface area contributed by atoms with Crippen molar-refractivity contribution in [2.75, 3.05) is 6.61 Å². The summed E-state index contributed by atoms with van der Waals surface area (Å²) >= 11 is 0. The molecule has 2 heterocycles. The van der Waals surface area contributed by atoms with Gasteiger partial charge in [0.2, 0.25) is 5.91 Å². The van der Waals surface area contributed by atoms with Crippen molar-refractivity contribution in [3.05, 3.63) is 24.0 Å². The van der Waals surface area contributed by atoms with E-state index >= 15 is 0 Å². The Kier molecular flexibility index (Phi) is 8.40. The molecule has 0 aromatic rings. The number of carbonyl (C=O) groups is 4. The van der Waals surface area contributed by atoms with E-state index in [0.717, 1.165) is 0 Å². The van der Waals surface area contributed by atoms with E-state index in [1.165, 1.54) is 11.1 Å². The standard InChI is InChI=1S/C20H28N2O8/c1-4-14(23)27-11-13-17(29-15(24)5-2)18(30-16(25)6-3)20(28-13)22-9-7-8-12(10-22)19(21)26/h7,9-10,13,17-18,20H,4-6,8,11H2,1-3H3,(H2,21,26)/t13?,17-,18-,20-/m1/s1. The summed E-state index contributed by atoms with van der Waals surface area (Å²) in [6.07, 6.45) is 1.81. The first kappa shape index (κ1) is 23.4. The highest BCUT2D eigenvalue weighted by Crippen LogP contribution is 2.32. The fraction of sp³-hybridized carbons (Fsp3) is 0.600. The number of nitrogens with two attached hydrogens (primary N) is 1. The molecule has 0 aromatic carbocycles. The zero-order valence-electron chi connectivity index (χ0n) is 17.4. The van der Waals surface area contributed by atoms with Crippen molar-refractivity contribution >= 4 is 23.8 Å². The van der Waals surface area contributed by atoms with Crippen LogP contribution < -0.4 is 5.73 Å². The summed E-state index contributed by atoms with van der Waals surface area (Å²) in [4.78, 5) is 48.8. The minimum absolute atomic E-state index is 0.103. The van der Waals surface area contributed by atoms with Crippen LogP contribution in [0.1, 0.15) is 46.5 Å². The molecule has 0 aromatic heterocycles. The summed E-state index contributed by atoms with van der Waals surface area (Å²) in [6, 6.07) is 0. The molecule has 1 amide bonds. The molecule has 10 nitrogen and oxygen atoms in total. The molecule has 2 N–H and O–H groups in total. The van der Waals surface area contributed by atoms with Crippen LogP contribution in [0.5, 0.6) is 0 Å². The quantitative estimate of drug-likeness (QED) is 0.423. The molecule has 0 aliphatic carbocycles. The lowest BCUT2D eigenvalue weighted by Crippen LogP contribution is -2.45. The van der Waals surface area contributed by atoms with Gasteiger partial charge in [-0.3, -0.25) is 19.2 Å². The number of hydrogen-bond acceptors (Lipinski definition) is 9.